The fourth-order valence-electron chi connectivity index (χ4n) is 2.67. The average molecular weight is 358 g/mol. The monoisotopic (exact) mass is 358 g/mol. The maximum atomic E-state index is 12.7. The van der Waals surface area contributed by atoms with Gasteiger partial charge >= 0.3 is 12.3 Å². The topological polar surface area (TPSA) is 32.8 Å². The third kappa shape index (κ3) is 6.23. The molecule has 1 saturated heterocycles. The van der Waals surface area contributed by atoms with E-state index in [1.165, 1.54) is 12.1 Å². The van der Waals surface area contributed by atoms with Crippen molar-refractivity contribution >= 4 is 6.09 Å². The van der Waals surface area contributed by atoms with E-state index in [0.29, 0.717) is 44.7 Å². The van der Waals surface area contributed by atoms with Crippen LogP contribution in [0.2, 0.25) is 0 Å². The van der Waals surface area contributed by atoms with Gasteiger partial charge in [-0.05, 0) is 38.8 Å². The van der Waals surface area contributed by atoms with Crippen molar-refractivity contribution in [3.63, 3.8) is 0 Å². The number of amides is 1. The molecular weight excluding hydrogens is 333 g/mol. The molecule has 1 amide bonds. The molecule has 25 heavy (non-hydrogen) atoms. The van der Waals surface area contributed by atoms with Crippen LogP contribution in [0, 0.1) is 0 Å². The van der Waals surface area contributed by atoms with Crippen molar-refractivity contribution in [3.05, 3.63) is 35.4 Å². The number of carbonyl (C=O) groups is 1. The lowest BCUT2D eigenvalue weighted by Gasteiger charge is -2.35. The molecule has 1 fully saturated rings. The molecule has 0 atom stereocenters. The summed E-state index contributed by atoms with van der Waals surface area (Å²) in [5, 5.41) is 0. The standard InChI is InChI=1S/C18H25F3N2O2/c1-17(2,3)25-16(24)23-11-9-22(10-12-23)8-7-14-5-4-6-15(13-14)18(19,20)21/h4-6,13H,7-12H2,1-3H3. The van der Waals surface area contributed by atoms with Crippen LogP contribution in [-0.2, 0) is 17.3 Å². The summed E-state index contributed by atoms with van der Waals surface area (Å²) in [4.78, 5) is 15.8. The van der Waals surface area contributed by atoms with E-state index in [1.807, 2.05) is 20.8 Å². The lowest BCUT2D eigenvalue weighted by atomic mass is 10.1. The third-order valence-corrected chi connectivity index (χ3v) is 4.00. The lowest BCUT2D eigenvalue weighted by molar-refractivity contribution is -0.137. The zero-order valence-corrected chi connectivity index (χ0v) is 14.9. The van der Waals surface area contributed by atoms with E-state index in [1.54, 1.807) is 11.0 Å². The number of piperazine rings is 1. The quantitative estimate of drug-likeness (QED) is 0.824. The molecule has 1 aliphatic rings. The van der Waals surface area contributed by atoms with Crippen LogP contribution in [0.25, 0.3) is 0 Å². The number of alkyl halides is 3. The molecule has 0 aliphatic carbocycles. The van der Waals surface area contributed by atoms with E-state index in [-0.39, 0.29) is 6.09 Å². The minimum atomic E-state index is -4.31. The number of rotatable bonds is 3. The highest BCUT2D eigenvalue weighted by molar-refractivity contribution is 5.68. The van der Waals surface area contributed by atoms with Gasteiger partial charge in [-0.25, -0.2) is 4.79 Å². The van der Waals surface area contributed by atoms with Crippen LogP contribution in [0.15, 0.2) is 24.3 Å². The van der Waals surface area contributed by atoms with Crippen LogP contribution >= 0.6 is 0 Å². The first-order valence-electron chi connectivity index (χ1n) is 8.41. The highest BCUT2D eigenvalue weighted by Crippen LogP contribution is 2.29. The maximum absolute atomic E-state index is 12.7. The van der Waals surface area contributed by atoms with E-state index in [4.69, 9.17) is 4.74 Å². The van der Waals surface area contributed by atoms with Crippen LogP contribution < -0.4 is 0 Å². The molecule has 0 aromatic heterocycles. The van der Waals surface area contributed by atoms with Gasteiger partial charge in [0, 0.05) is 32.7 Å². The molecule has 0 N–H and O–H groups in total. The van der Waals surface area contributed by atoms with E-state index in [2.05, 4.69) is 4.90 Å². The summed E-state index contributed by atoms with van der Waals surface area (Å²) in [5.74, 6) is 0. The molecule has 0 radical (unpaired) electrons. The zero-order chi connectivity index (χ0) is 18.7. The molecule has 0 unspecified atom stereocenters. The van der Waals surface area contributed by atoms with Crippen LogP contribution in [-0.4, -0.2) is 54.2 Å². The van der Waals surface area contributed by atoms with Gasteiger partial charge in [0.1, 0.15) is 5.60 Å². The van der Waals surface area contributed by atoms with Gasteiger partial charge in [-0.3, -0.25) is 4.90 Å². The van der Waals surface area contributed by atoms with Crippen LogP contribution in [0.5, 0.6) is 0 Å². The fraction of sp³-hybridized carbons (Fsp3) is 0.611. The Morgan fingerprint density at radius 3 is 2.32 bits per heavy atom. The van der Waals surface area contributed by atoms with Crippen molar-refractivity contribution in [3.8, 4) is 0 Å². The van der Waals surface area contributed by atoms with Gasteiger partial charge in [-0.1, -0.05) is 18.2 Å². The summed E-state index contributed by atoms with van der Waals surface area (Å²) in [6.45, 7) is 8.68. The minimum Gasteiger partial charge on any atom is -0.444 e. The van der Waals surface area contributed by atoms with E-state index in [0.717, 1.165) is 6.07 Å². The molecule has 4 nitrogen and oxygen atoms in total. The Morgan fingerprint density at radius 1 is 1.12 bits per heavy atom. The average Bonchev–Trinajstić information content (AvgIpc) is 2.51. The summed E-state index contributed by atoms with van der Waals surface area (Å²) in [6.07, 6.45) is -4.07. The van der Waals surface area contributed by atoms with Crippen molar-refractivity contribution in [1.29, 1.82) is 0 Å². The number of halogens is 3. The van der Waals surface area contributed by atoms with Crippen molar-refractivity contribution < 1.29 is 22.7 Å². The summed E-state index contributed by atoms with van der Waals surface area (Å²) >= 11 is 0. The molecule has 7 heteroatoms. The summed E-state index contributed by atoms with van der Waals surface area (Å²) < 4.78 is 43.6. The molecule has 2 rings (SSSR count). The first kappa shape index (κ1) is 19.6. The summed E-state index contributed by atoms with van der Waals surface area (Å²) in [7, 11) is 0. The van der Waals surface area contributed by atoms with Gasteiger partial charge in [0.25, 0.3) is 0 Å². The zero-order valence-electron chi connectivity index (χ0n) is 14.9. The molecule has 0 saturated carbocycles. The van der Waals surface area contributed by atoms with Gasteiger partial charge in [-0.15, -0.1) is 0 Å². The highest BCUT2D eigenvalue weighted by atomic mass is 19.4. The Hall–Kier alpha value is -1.76. The Kier molecular flexibility index (Phi) is 5.98. The van der Waals surface area contributed by atoms with Gasteiger partial charge < -0.3 is 9.64 Å². The maximum Gasteiger partial charge on any atom is 0.416 e. The number of ether oxygens (including phenoxy) is 1. The van der Waals surface area contributed by atoms with Crippen molar-refractivity contribution in [1.82, 2.24) is 9.80 Å². The Balaban J connectivity index is 1.80. The summed E-state index contributed by atoms with van der Waals surface area (Å²) in [5.41, 5.74) is -0.457. The second-order valence-electron chi connectivity index (χ2n) is 7.26. The molecule has 1 aromatic carbocycles. The summed E-state index contributed by atoms with van der Waals surface area (Å²) in [6, 6.07) is 5.45. The molecule has 1 heterocycles. The highest BCUT2D eigenvalue weighted by Gasteiger charge is 2.30. The van der Waals surface area contributed by atoms with E-state index >= 15 is 0 Å². The molecule has 0 spiro atoms. The molecule has 0 bridgehead atoms. The number of benzene rings is 1. The second-order valence-corrected chi connectivity index (χ2v) is 7.26. The number of hydrogen-bond acceptors (Lipinski definition) is 3. The van der Waals surface area contributed by atoms with Gasteiger partial charge in [0.2, 0.25) is 0 Å². The van der Waals surface area contributed by atoms with Gasteiger partial charge in [0.15, 0.2) is 0 Å². The largest absolute Gasteiger partial charge is 0.444 e. The number of carbonyl (C=O) groups excluding carboxylic acids is 1. The van der Waals surface area contributed by atoms with E-state index in [9.17, 15) is 18.0 Å². The molecule has 1 aromatic rings. The first-order valence-corrected chi connectivity index (χ1v) is 8.41. The predicted molar refractivity (Wildman–Crippen MR) is 89.4 cm³/mol. The smallest absolute Gasteiger partial charge is 0.416 e. The van der Waals surface area contributed by atoms with Crippen molar-refractivity contribution in [2.75, 3.05) is 32.7 Å². The number of nitrogens with zero attached hydrogens (tertiary/aromatic N) is 2. The molecule has 1 aliphatic heterocycles. The lowest BCUT2D eigenvalue weighted by Crippen LogP contribution is -2.50. The normalized spacial score (nSPS) is 16.8. The SMILES string of the molecule is CC(C)(C)OC(=O)N1CCN(CCc2cccc(C(F)(F)F)c2)CC1. The Labute approximate surface area is 146 Å². The van der Waals surface area contributed by atoms with Crippen molar-refractivity contribution in [2.24, 2.45) is 0 Å². The van der Waals surface area contributed by atoms with Crippen molar-refractivity contribution in [2.45, 2.75) is 39.0 Å². The van der Waals surface area contributed by atoms with Crippen LogP contribution in [0.1, 0.15) is 31.9 Å². The second kappa shape index (κ2) is 7.64. The predicted octanol–water partition coefficient (Wildman–Crippen LogP) is 3.80. The van der Waals surface area contributed by atoms with Crippen LogP contribution in [0.4, 0.5) is 18.0 Å². The van der Waals surface area contributed by atoms with Gasteiger partial charge in [-0.2, -0.15) is 13.2 Å². The van der Waals surface area contributed by atoms with E-state index < -0.39 is 17.3 Å². The first-order chi connectivity index (χ1) is 11.5. The van der Waals surface area contributed by atoms with Crippen LogP contribution in [0.3, 0.4) is 0 Å². The number of hydrogen-bond donors (Lipinski definition) is 0. The Morgan fingerprint density at radius 2 is 1.76 bits per heavy atom. The Bertz CT molecular complexity index is 589. The molecule has 140 valence electrons. The third-order valence-electron chi connectivity index (χ3n) is 4.00. The fourth-order valence-corrected chi connectivity index (χ4v) is 2.67. The van der Waals surface area contributed by atoms with Gasteiger partial charge in [0.05, 0.1) is 5.56 Å². The minimum absolute atomic E-state index is 0.315. The molecular formula is C18H25F3N2O2.